The lowest BCUT2D eigenvalue weighted by molar-refractivity contribution is 0.0674. The molecule has 2 aliphatic heterocycles. The first-order valence-electron chi connectivity index (χ1n) is 8.36. The highest BCUT2D eigenvalue weighted by Gasteiger charge is 2.42. The number of alkyl halides is 2. The molecule has 0 bridgehead atoms. The fraction of sp³-hybridized carbons (Fsp3) is 0.444. The summed E-state index contributed by atoms with van der Waals surface area (Å²) < 4.78 is 28.6. The lowest BCUT2D eigenvalue weighted by Gasteiger charge is -2.30. The number of carbonyl (C=O) groups excluding carboxylic acids is 1. The largest absolute Gasteiger partial charge is 0.322 e. The van der Waals surface area contributed by atoms with Gasteiger partial charge in [0.15, 0.2) is 0 Å². The summed E-state index contributed by atoms with van der Waals surface area (Å²) in [5, 5.41) is 3.28. The van der Waals surface area contributed by atoms with E-state index >= 15 is 0 Å². The number of halogens is 3. The number of hydrogen-bond acceptors (Lipinski definition) is 2. The van der Waals surface area contributed by atoms with Crippen molar-refractivity contribution in [2.45, 2.75) is 32.1 Å². The maximum Gasteiger partial charge on any atom is 0.322 e. The zero-order chi connectivity index (χ0) is 18.0. The Balaban J connectivity index is 1.71. The van der Waals surface area contributed by atoms with Gasteiger partial charge in [0.2, 0.25) is 0 Å². The standard InChI is InChI=1S/C18H20ClF2N3O/c1-2-7-18(20,21)16-15-11-24(8-6-12(15)10-22-16)17(25)23-14-5-3-4-13(19)9-14/h3-5,9H,2,6-8,10-11H2,1H3,(H,23,25). The third kappa shape index (κ3) is 3.84. The second kappa shape index (κ2) is 7.12. The number of carbonyl (C=O) groups is 1. The molecule has 4 nitrogen and oxygen atoms in total. The van der Waals surface area contributed by atoms with Crippen LogP contribution in [0.1, 0.15) is 26.2 Å². The van der Waals surface area contributed by atoms with Gasteiger partial charge in [-0.15, -0.1) is 0 Å². The number of urea groups is 1. The van der Waals surface area contributed by atoms with Crippen molar-refractivity contribution in [2.75, 3.05) is 25.0 Å². The Labute approximate surface area is 150 Å². The molecule has 0 spiro atoms. The normalized spacial score (nSPS) is 17.4. The number of aliphatic imine (C=N–C) groups is 1. The van der Waals surface area contributed by atoms with E-state index in [0.717, 1.165) is 5.57 Å². The van der Waals surface area contributed by atoms with Crippen molar-refractivity contribution in [3.8, 4) is 0 Å². The highest BCUT2D eigenvalue weighted by Crippen LogP contribution is 2.34. The van der Waals surface area contributed by atoms with Crippen molar-refractivity contribution < 1.29 is 13.6 Å². The van der Waals surface area contributed by atoms with E-state index in [2.05, 4.69) is 10.3 Å². The van der Waals surface area contributed by atoms with E-state index < -0.39 is 5.92 Å². The Morgan fingerprint density at radius 2 is 2.24 bits per heavy atom. The Bertz CT molecular complexity index is 746. The summed E-state index contributed by atoms with van der Waals surface area (Å²) >= 11 is 5.91. The van der Waals surface area contributed by atoms with Gasteiger partial charge < -0.3 is 10.2 Å². The summed E-state index contributed by atoms with van der Waals surface area (Å²) in [7, 11) is 0. The molecule has 3 rings (SSSR count). The van der Waals surface area contributed by atoms with Crippen LogP contribution in [0, 0.1) is 0 Å². The fourth-order valence-electron chi connectivity index (χ4n) is 3.20. The van der Waals surface area contributed by atoms with Crippen LogP contribution in [0.2, 0.25) is 5.02 Å². The van der Waals surface area contributed by atoms with E-state index in [1.807, 2.05) is 0 Å². The predicted molar refractivity (Wildman–Crippen MR) is 95.8 cm³/mol. The SMILES string of the molecule is CCCC(F)(F)C1=NCC2=C1CN(C(=O)Nc1cccc(Cl)c1)CC2. The van der Waals surface area contributed by atoms with Gasteiger partial charge in [0.25, 0.3) is 5.92 Å². The molecular formula is C18H20ClF2N3O. The summed E-state index contributed by atoms with van der Waals surface area (Å²) in [4.78, 5) is 18.1. The average molecular weight is 368 g/mol. The molecule has 25 heavy (non-hydrogen) atoms. The second-order valence-electron chi connectivity index (χ2n) is 6.31. The minimum absolute atomic E-state index is 0.135. The highest BCUT2D eigenvalue weighted by atomic mass is 35.5. The lowest BCUT2D eigenvalue weighted by Crippen LogP contribution is -2.42. The van der Waals surface area contributed by atoms with Gasteiger partial charge in [-0.2, -0.15) is 8.78 Å². The van der Waals surface area contributed by atoms with Crippen LogP contribution in [0.15, 0.2) is 40.4 Å². The molecule has 1 aromatic carbocycles. The molecule has 134 valence electrons. The molecule has 0 fully saturated rings. The van der Waals surface area contributed by atoms with Gasteiger partial charge in [-0.05, 0) is 35.8 Å². The molecular weight excluding hydrogens is 348 g/mol. The van der Waals surface area contributed by atoms with Gasteiger partial charge in [-0.25, -0.2) is 4.79 Å². The van der Waals surface area contributed by atoms with Gasteiger partial charge in [-0.3, -0.25) is 4.99 Å². The second-order valence-corrected chi connectivity index (χ2v) is 6.75. The molecule has 0 aromatic heterocycles. The third-order valence-corrected chi connectivity index (χ3v) is 4.68. The summed E-state index contributed by atoms with van der Waals surface area (Å²) in [6.45, 7) is 2.71. The summed E-state index contributed by atoms with van der Waals surface area (Å²) in [5.74, 6) is -2.93. The topological polar surface area (TPSA) is 44.7 Å². The van der Waals surface area contributed by atoms with Crippen molar-refractivity contribution in [3.05, 3.63) is 40.4 Å². The van der Waals surface area contributed by atoms with Gasteiger partial charge in [0, 0.05) is 30.2 Å². The first-order valence-corrected chi connectivity index (χ1v) is 8.74. The fourth-order valence-corrected chi connectivity index (χ4v) is 3.39. The Kier molecular flexibility index (Phi) is 5.08. The van der Waals surface area contributed by atoms with Gasteiger partial charge in [0.1, 0.15) is 5.71 Å². The highest BCUT2D eigenvalue weighted by molar-refractivity contribution is 6.30. The summed E-state index contributed by atoms with van der Waals surface area (Å²) in [5.41, 5.74) is 1.90. The van der Waals surface area contributed by atoms with Gasteiger partial charge in [-0.1, -0.05) is 31.0 Å². The molecule has 0 saturated heterocycles. The molecule has 7 heteroatoms. The van der Waals surface area contributed by atoms with Crippen LogP contribution in [0.3, 0.4) is 0 Å². The Hall–Kier alpha value is -1.95. The predicted octanol–water partition coefficient (Wildman–Crippen LogP) is 4.76. The van der Waals surface area contributed by atoms with Crippen LogP contribution >= 0.6 is 11.6 Å². The van der Waals surface area contributed by atoms with E-state index in [4.69, 9.17) is 11.6 Å². The smallest absolute Gasteiger partial charge is 0.320 e. The molecule has 0 unspecified atom stereocenters. The molecule has 0 radical (unpaired) electrons. The maximum atomic E-state index is 14.3. The molecule has 1 N–H and O–H groups in total. The molecule has 1 aromatic rings. The average Bonchev–Trinajstić information content (AvgIpc) is 2.98. The number of amides is 2. The molecule has 0 atom stereocenters. The van der Waals surface area contributed by atoms with E-state index in [1.165, 1.54) is 0 Å². The van der Waals surface area contributed by atoms with Crippen LogP contribution in [0.25, 0.3) is 0 Å². The van der Waals surface area contributed by atoms with Gasteiger partial charge >= 0.3 is 6.03 Å². The van der Waals surface area contributed by atoms with Crippen LogP contribution in [0.5, 0.6) is 0 Å². The maximum absolute atomic E-state index is 14.3. The zero-order valence-corrected chi connectivity index (χ0v) is 14.7. The summed E-state index contributed by atoms with van der Waals surface area (Å²) in [6, 6.07) is 6.51. The minimum Gasteiger partial charge on any atom is -0.320 e. The van der Waals surface area contributed by atoms with Crippen LogP contribution in [-0.4, -0.2) is 42.2 Å². The number of anilines is 1. The molecule has 2 aliphatic rings. The van der Waals surface area contributed by atoms with Crippen molar-refractivity contribution in [3.63, 3.8) is 0 Å². The number of benzene rings is 1. The van der Waals surface area contributed by atoms with Crippen molar-refractivity contribution >= 4 is 29.0 Å². The zero-order valence-electron chi connectivity index (χ0n) is 14.0. The third-order valence-electron chi connectivity index (χ3n) is 4.45. The van der Waals surface area contributed by atoms with Crippen molar-refractivity contribution in [1.29, 1.82) is 0 Å². The first-order chi connectivity index (χ1) is 11.9. The molecule has 2 heterocycles. The van der Waals surface area contributed by atoms with Crippen LogP contribution < -0.4 is 5.32 Å². The molecule has 0 saturated carbocycles. The molecule has 0 aliphatic carbocycles. The number of nitrogens with zero attached hydrogens (tertiary/aromatic N) is 2. The van der Waals surface area contributed by atoms with Crippen LogP contribution in [-0.2, 0) is 0 Å². The van der Waals surface area contributed by atoms with Crippen molar-refractivity contribution in [2.24, 2.45) is 4.99 Å². The van der Waals surface area contributed by atoms with E-state index in [0.29, 0.717) is 42.2 Å². The number of nitrogens with one attached hydrogen (secondary N) is 1. The lowest BCUT2D eigenvalue weighted by atomic mass is 9.94. The Morgan fingerprint density at radius 3 is 2.96 bits per heavy atom. The summed E-state index contributed by atoms with van der Waals surface area (Å²) in [6.07, 6.45) is 0.735. The molecule has 2 amide bonds. The van der Waals surface area contributed by atoms with Gasteiger partial charge in [0.05, 0.1) is 6.54 Å². The first kappa shape index (κ1) is 17.9. The van der Waals surface area contributed by atoms with E-state index in [1.54, 1.807) is 36.1 Å². The van der Waals surface area contributed by atoms with Crippen molar-refractivity contribution in [1.82, 2.24) is 4.90 Å². The van der Waals surface area contributed by atoms with E-state index in [9.17, 15) is 13.6 Å². The Morgan fingerprint density at radius 1 is 1.44 bits per heavy atom. The number of hydrogen-bond donors (Lipinski definition) is 1. The van der Waals surface area contributed by atoms with E-state index in [-0.39, 0.29) is 24.7 Å². The van der Waals surface area contributed by atoms with Crippen LogP contribution in [0.4, 0.5) is 19.3 Å². The minimum atomic E-state index is -2.93. The number of rotatable bonds is 4. The quantitative estimate of drug-likeness (QED) is 0.819. The monoisotopic (exact) mass is 367 g/mol.